The zero-order valence-electron chi connectivity index (χ0n) is 17.7. The fourth-order valence-electron chi connectivity index (χ4n) is 3.41. The van der Waals surface area contributed by atoms with Gasteiger partial charge in [0, 0.05) is 12.6 Å². The second-order valence-corrected chi connectivity index (χ2v) is 9.24. The number of carbonyl (C=O) groups excluding carboxylic acids is 1. The van der Waals surface area contributed by atoms with Crippen LogP contribution in [0.4, 0.5) is 10.1 Å². The second-order valence-electron chi connectivity index (χ2n) is 7.38. The van der Waals surface area contributed by atoms with Gasteiger partial charge in [-0.2, -0.15) is 0 Å². The van der Waals surface area contributed by atoms with Crippen molar-refractivity contribution in [3.05, 3.63) is 84.2 Å². The molecule has 0 aliphatic carbocycles. The van der Waals surface area contributed by atoms with Crippen molar-refractivity contribution in [1.29, 1.82) is 0 Å². The van der Waals surface area contributed by atoms with Gasteiger partial charge in [0.05, 0.1) is 10.6 Å². The van der Waals surface area contributed by atoms with Crippen molar-refractivity contribution in [2.75, 3.05) is 30.6 Å². The average molecular weight is 471 g/mol. The van der Waals surface area contributed by atoms with Crippen molar-refractivity contribution in [2.24, 2.45) is 0 Å². The highest BCUT2D eigenvalue weighted by atomic mass is 32.2. The van der Waals surface area contributed by atoms with Crippen molar-refractivity contribution < 1.29 is 27.1 Å². The second kappa shape index (κ2) is 9.91. The number of anilines is 1. The van der Waals surface area contributed by atoms with Crippen LogP contribution in [0.2, 0.25) is 0 Å². The van der Waals surface area contributed by atoms with Gasteiger partial charge < -0.3 is 14.8 Å². The van der Waals surface area contributed by atoms with Crippen LogP contribution >= 0.6 is 0 Å². The fourth-order valence-corrected chi connectivity index (χ4v) is 4.85. The minimum Gasteiger partial charge on any atom is -0.486 e. The third kappa shape index (κ3) is 5.43. The molecule has 0 spiro atoms. The minimum atomic E-state index is -4.16. The number of nitrogens with one attached hydrogen (secondary N) is 1. The van der Waals surface area contributed by atoms with Crippen LogP contribution in [0.1, 0.15) is 5.56 Å². The highest BCUT2D eigenvalue weighted by molar-refractivity contribution is 7.92. The number of ether oxygens (including phenoxy) is 2. The van der Waals surface area contributed by atoms with Gasteiger partial charge in [0.25, 0.3) is 10.0 Å². The van der Waals surface area contributed by atoms with Crippen LogP contribution in [0, 0.1) is 5.82 Å². The van der Waals surface area contributed by atoms with Crippen molar-refractivity contribution in [2.45, 2.75) is 11.3 Å². The summed E-state index contributed by atoms with van der Waals surface area (Å²) in [6.45, 7) is 0.577. The molecule has 0 radical (unpaired) electrons. The summed E-state index contributed by atoms with van der Waals surface area (Å²) in [7, 11) is -4.16. The molecule has 1 heterocycles. The Balaban J connectivity index is 1.55. The molecule has 0 fully saturated rings. The molecule has 9 heteroatoms. The van der Waals surface area contributed by atoms with E-state index in [1.165, 1.54) is 30.3 Å². The van der Waals surface area contributed by atoms with Gasteiger partial charge in [0.15, 0.2) is 11.5 Å². The lowest BCUT2D eigenvalue weighted by atomic mass is 10.1. The molecule has 0 saturated heterocycles. The summed E-state index contributed by atoms with van der Waals surface area (Å²) >= 11 is 0. The van der Waals surface area contributed by atoms with E-state index in [0.717, 1.165) is 22.0 Å². The molecule has 4 rings (SSSR count). The molecule has 0 atom stereocenters. The van der Waals surface area contributed by atoms with E-state index in [1.807, 2.05) is 30.3 Å². The van der Waals surface area contributed by atoms with Gasteiger partial charge in [0.1, 0.15) is 25.6 Å². The summed E-state index contributed by atoms with van der Waals surface area (Å²) in [5.74, 6) is -0.222. The van der Waals surface area contributed by atoms with Gasteiger partial charge in [0.2, 0.25) is 5.91 Å². The molecule has 0 saturated carbocycles. The third-order valence-electron chi connectivity index (χ3n) is 5.08. The minimum absolute atomic E-state index is 0.0619. The number of benzene rings is 3. The Hall–Kier alpha value is -3.59. The first-order valence-corrected chi connectivity index (χ1v) is 11.9. The Kier molecular flexibility index (Phi) is 6.79. The van der Waals surface area contributed by atoms with Crippen LogP contribution in [0.25, 0.3) is 0 Å². The van der Waals surface area contributed by atoms with Crippen molar-refractivity contribution in [3.63, 3.8) is 0 Å². The highest BCUT2D eigenvalue weighted by Crippen LogP contribution is 2.34. The van der Waals surface area contributed by atoms with Crippen LogP contribution in [0.15, 0.2) is 77.7 Å². The van der Waals surface area contributed by atoms with Crippen LogP contribution in [-0.4, -0.2) is 40.6 Å². The smallest absolute Gasteiger partial charge is 0.264 e. The first-order chi connectivity index (χ1) is 15.9. The van der Waals surface area contributed by atoms with Gasteiger partial charge >= 0.3 is 0 Å². The van der Waals surface area contributed by atoms with E-state index >= 15 is 0 Å². The summed E-state index contributed by atoms with van der Waals surface area (Å²) in [4.78, 5) is 12.6. The quantitative estimate of drug-likeness (QED) is 0.547. The topological polar surface area (TPSA) is 84.9 Å². The number of hydrogen-bond donors (Lipinski definition) is 1. The molecule has 1 aliphatic heterocycles. The number of carbonyl (C=O) groups is 1. The third-order valence-corrected chi connectivity index (χ3v) is 6.85. The highest BCUT2D eigenvalue weighted by Gasteiger charge is 2.29. The van der Waals surface area contributed by atoms with Crippen molar-refractivity contribution in [1.82, 2.24) is 5.32 Å². The van der Waals surface area contributed by atoms with E-state index in [1.54, 1.807) is 0 Å². The number of fused-ring (bicyclic) bond motifs is 1. The molecular weight excluding hydrogens is 447 g/mol. The van der Waals surface area contributed by atoms with Gasteiger partial charge in [-0.15, -0.1) is 0 Å². The van der Waals surface area contributed by atoms with Gasteiger partial charge in [-0.3, -0.25) is 9.10 Å². The van der Waals surface area contributed by atoms with E-state index in [-0.39, 0.29) is 10.6 Å². The average Bonchev–Trinajstić information content (AvgIpc) is 2.83. The molecule has 172 valence electrons. The zero-order chi connectivity index (χ0) is 23.3. The lowest BCUT2D eigenvalue weighted by Crippen LogP contribution is -2.41. The number of sulfonamides is 1. The number of nitrogens with zero attached hydrogens (tertiary/aromatic N) is 1. The number of hydrogen-bond acceptors (Lipinski definition) is 5. The van der Waals surface area contributed by atoms with E-state index < -0.39 is 28.3 Å². The Labute approximate surface area is 191 Å². The van der Waals surface area contributed by atoms with E-state index in [2.05, 4.69) is 5.32 Å². The molecule has 33 heavy (non-hydrogen) atoms. The fraction of sp³-hybridized carbons (Fsp3) is 0.208. The maximum absolute atomic E-state index is 13.5. The Bertz CT molecular complexity index is 1220. The first-order valence-electron chi connectivity index (χ1n) is 10.4. The standard InChI is InChI=1S/C24H23FN2O5S/c25-19-6-8-20(9-7-19)27(17-24(28)26-13-12-18-4-2-1-3-5-18)33(29,30)21-10-11-22-23(16-21)32-15-14-31-22/h1-11,16H,12-15,17H2,(H,26,28). The van der Waals surface area contributed by atoms with Gasteiger partial charge in [-0.05, 0) is 48.4 Å². The zero-order valence-corrected chi connectivity index (χ0v) is 18.6. The predicted molar refractivity (Wildman–Crippen MR) is 122 cm³/mol. The van der Waals surface area contributed by atoms with Crippen LogP contribution < -0.4 is 19.1 Å². The molecule has 1 N–H and O–H groups in total. The van der Waals surface area contributed by atoms with Gasteiger partial charge in [-0.25, -0.2) is 12.8 Å². The van der Waals surface area contributed by atoms with Crippen LogP contribution in [-0.2, 0) is 21.2 Å². The number of amides is 1. The van der Waals surface area contributed by atoms with E-state index in [9.17, 15) is 17.6 Å². The molecule has 3 aromatic carbocycles. The summed E-state index contributed by atoms with van der Waals surface area (Å²) in [6, 6.07) is 18.8. The first kappa shape index (κ1) is 22.6. The summed E-state index contributed by atoms with van der Waals surface area (Å²) < 4.78 is 52.4. The van der Waals surface area contributed by atoms with Gasteiger partial charge in [-0.1, -0.05) is 30.3 Å². The maximum Gasteiger partial charge on any atom is 0.264 e. The molecule has 0 bridgehead atoms. The number of rotatable bonds is 8. The van der Waals surface area contributed by atoms with Crippen LogP contribution in [0.5, 0.6) is 11.5 Å². The lowest BCUT2D eigenvalue weighted by molar-refractivity contribution is -0.119. The lowest BCUT2D eigenvalue weighted by Gasteiger charge is -2.25. The summed E-state index contributed by atoms with van der Waals surface area (Å²) in [5.41, 5.74) is 1.22. The molecule has 1 aliphatic rings. The Morgan fingerprint density at radius 3 is 2.36 bits per heavy atom. The normalized spacial score (nSPS) is 12.8. The van der Waals surface area contributed by atoms with Crippen LogP contribution in [0.3, 0.4) is 0 Å². The van der Waals surface area contributed by atoms with E-state index in [0.29, 0.717) is 37.7 Å². The molecular formula is C24H23FN2O5S. The Morgan fingerprint density at radius 2 is 1.64 bits per heavy atom. The molecule has 0 aromatic heterocycles. The maximum atomic E-state index is 13.5. The largest absolute Gasteiger partial charge is 0.486 e. The molecule has 1 amide bonds. The molecule has 3 aromatic rings. The Morgan fingerprint density at radius 1 is 0.939 bits per heavy atom. The van der Waals surface area contributed by atoms with Crippen molar-refractivity contribution >= 4 is 21.6 Å². The predicted octanol–water partition coefficient (Wildman–Crippen LogP) is 3.15. The summed E-state index contributed by atoms with van der Waals surface area (Å²) in [6.07, 6.45) is 0.609. The van der Waals surface area contributed by atoms with E-state index in [4.69, 9.17) is 9.47 Å². The molecule has 7 nitrogen and oxygen atoms in total. The van der Waals surface area contributed by atoms with Crippen molar-refractivity contribution in [3.8, 4) is 11.5 Å². The SMILES string of the molecule is O=C(CN(c1ccc(F)cc1)S(=O)(=O)c1ccc2c(c1)OCCO2)NCCc1ccccc1. The molecule has 0 unspecified atom stereocenters. The summed E-state index contributed by atoms with van der Waals surface area (Å²) in [5, 5.41) is 2.75. The monoisotopic (exact) mass is 470 g/mol. The number of halogens is 1.